The van der Waals surface area contributed by atoms with Gasteiger partial charge >= 0.3 is 0 Å². The van der Waals surface area contributed by atoms with Gasteiger partial charge in [0.15, 0.2) is 0 Å². The van der Waals surface area contributed by atoms with E-state index >= 15 is 0 Å². The Morgan fingerprint density at radius 2 is 2.11 bits per heavy atom. The van der Waals surface area contributed by atoms with E-state index in [-0.39, 0.29) is 17.6 Å². The molecule has 0 spiro atoms. The third kappa shape index (κ3) is 4.06. The average Bonchev–Trinajstić information content (AvgIpc) is 3.22. The summed E-state index contributed by atoms with van der Waals surface area (Å²) in [5, 5.41) is 3.99. The van der Waals surface area contributed by atoms with Crippen LogP contribution < -0.4 is 4.74 Å². The van der Waals surface area contributed by atoms with Gasteiger partial charge in [-0.3, -0.25) is 9.69 Å². The molecule has 0 aliphatic carbocycles. The molecule has 0 unspecified atom stereocenters. The van der Waals surface area contributed by atoms with Crippen molar-refractivity contribution in [3.63, 3.8) is 0 Å². The minimum absolute atomic E-state index is 0.0836. The standard InChI is InChI=1S/C21H25FN2O3S/c1-23(2)20(25)14-3-6-24(7-4-14)11-16-9-18(22)10-17-12-26-21(27-19(16)17)15-5-8-28-13-15/h5,8-10,13-14,21H,3-4,6-7,11-12H2,1-2H3/t21-/m0/s1. The van der Waals surface area contributed by atoms with Gasteiger partial charge in [0.1, 0.15) is 11.6 Å². The zero-order chi connectivity index (χ0) is 19.7. The van der Waals surface area contributed by atoms with Gasteiger partial charge in [-0.15, -0.1) is 0 Å². The molecule has 1 aromatic heterocycles. The first kappa shape index (κ1) is 19.4. The first-order valence-electron chi connectivity index (χ1n) is 9.56. The second-order valence-corrected chi connectivity index (χ2v) is 8.43. The van der Waals surface area contributed by atoms with Crippen LogP contribution in [0.25, 0.3) is 0 Å². The topological polar surface area (TPSA) is 42.0 Å². The molecule has 2 aromatic rings. The highest BCUT2D eigenvalue weighted by Gasteiger charge is 2.29. The quantitative estimate of drug-likeness (QED) is 0.778. The van der Waals surface area contributed by atoms with Gasteiger partial charge in [0.05, 0.1) is 6.61 Å². The summed E-state index contributed by atoms with van der Waals surface area (Å²) in [6.45, 7) is 2.58. The van der Waals surface area contributed by atoms with Crippen LogP contribution in [0.4, 0.5) is 4.39 Å². The number of nitrogens with zero attached hydrogens (tertiary/aromatic N) is 2. The van der Waals surface area contributed by atoms with Crippen LogP contribution >= 0.6 is 11.3 Å². The van der Waals surface area contributed by atoms with Crippen LogP contribution in [-0.4, -0.2) is 42.9 Å². The third-order valence-corrected chi connectivity index (χ3v) is 6.11. The molecule has 5 nitrogen and oxygen atoms in total. The summed E-state index contributed by atoms with van der Waals surface area (Å²) < 4.78 is 26.1. The Morgan fingerprint density at radius 1 is 1.32 bits per heavy atom. The molecule has 0 N–H and O–H groups in total. The summed E-state index contributed by atoms with van der Waals surface area (Å²) in [4.78, 5) is 16.1. The molecular formula is C21H25FN2O3S. The highest BCUT2D eigenvalue weighted by molar-refractivity contribution is 7.07. The summed E-state index contributed by atoms with van der Waals surface area (Å²) in [6, 6.07) is 5.03. The molecule has 1 atom stereocenters. The van der Waals surface area contributed by atoms with E-state index in [0.29, 0.717) is 13.2 Å². The fourth-order valence-electron chi connectivity index (χ4n) is 3.91. The monoisotopic (exact) mass is 404 g/mol. The van der Waals surface area contributed by atoms with E-state index in [1.165, 1.54) is 6.07 Å². The molecule has 1 fully saturated rings. The predicted molar refractivity (Wildman–Crippen MR) is 106 cm³/mol. The van der Waals surface area contributed by atoms with Crippen molar-refractivity contribution in [1.82, 2.24) is 9.80 Å². The lowest BCUT2D eigenvalue weighted by molar-refractivity contribution is -0.134. The second kappa shape index (κ2) is 8.19. The van der Waals surface area contributed by atoms with Crippen LogP contribution in [0.5, 0.6) is 5.75 Å². The fraction of sp³-hybridized carbons (Fsp3) is 0.476. The highest BCUT2D eigenvalue weighted by Crippen LogP contribution is 2.38. The number of piperidine rings is 1. The average molecular weight is 405 g/mol. The Labute approximate surface area is 168 Å². The van der Waals surface area contributed by atoms with Crippen molar-refractivity contribution in [2.24, 2.45) is 5.92 Å². The predicted octanol–water partition coefficient (Wildman–Crippen LogP) is 3.80. The van der Waals surface area contributed by atoms with Crippen molar-refractivity contribution < 1.29 is 18.7 Å². The van der Waals surface area contributed by atoms with E-state index in [0.717, 1.165) is 48.4 Å². The molecule has 0 saturated carbocycles. The Morgan fingerprint density at radius 3 is 2.79 bits per heavy atom. The number of carbonyl (C=O) groups excluding carboxylic acids is 1. The largest absolute Gasteiger partial charge is 0.460 e. The Kier molecular flexibility index (Phi) is 5.66. The van der Waals surface area contributed by atoms with Crippen LogP contribution in [0.15, 0.2) is 29.0 Å². The van der Waals surface area contributed by atoms with Crippen molar-refractivity contribution in [1.29, 1.82) is 0 Å². The van der Waals surface area contributed by atoms with Gasteiger partial charge in [0.25, 0.3) is 0 Å². The van der Waals surface area contributed by atoms with E-state index in [9.17, 15) is 9.18 Å². The molecule has 4 rings (SSSR count). The summed E-state index contributed by atoms with van der Waals surface area (Å²) in [5.74, 6) is 0.741. The molecule has 7 heteroatoms. The number of amides is 1. The van der Waals surface area contributed by atoms with Crippen molar-refractivity contribution in [3.8, 4) is 5.75 Å². The Bertz CT molecular complexity index is 832. The van der Waals surface area contributed by atoms with Crippen molar-refractivity contribution in [2.75, 3.05) is 27.2 Å². The zero-order valence-electron chi connectivity index (χ0n) is 16.2. The number of halogens is 1. The van der Waals surface area contributed by atoms with Gasteiger partial charge in [-0.25, -0.2) is 4.39 Å². The smallest absolute Gasteiger partial charge is 0.227 e. The summed E-state index contributed by atoms with van der Waals surface area (Å²) in [6.07, 6.45) is 1.21. The number of benzene rings is 1. The number of carbonyl (C=O) groups is 1. The molecule has 2 aliphatic heterocycles. The summed E-state index contributed by atoms with van der Waals surface area (Å²) in [5.41, 5.74) is 2.57. The van der Waals surface area contributed by atoms with Crippen LogP contribution in [0.2, 0.25) is 0 Å². The van der Waals surface area contributed by atoms with Gasteiger partial charge in [-0.1, -0.05) is 0 Å². The molecule has 3 heterocycles. The van der Waals surface area contributed by atoms with E-state index in [4.69, 9.17) is 9.47 Å². The van der Waals surface area contributed by atoms with Gasteiger partial charge in [0, 0.05) is 48.6 Å². The van der Waals surface area contributed by atoms with Crippen LogP contribution in [0, 0.1) is 11.7 Å². The van der Waals surface area contributed by atoms with E-state index in [1.54, 1.807) is 36.4 Å². The third-order valence-electron chi connectivity index (χ3n) is 5.41. The van der Waals surface area contributed by atoms with Crippen molar-refractivity contribution in [2.45, 2.75) is 32.3 Å². The number of thiophene rings is 1. The number of hydrogen-bond donors (Lipinski definition) is 0. The molecule has 28 heavy (non-hydrogen) atoms. The van der Waals surface area contributed by atoms with Crippen LogP contribution in [-0.2, 0) is 22.7 Å². The normalized spacial score (nSPS) is 20.5. The van der Waals surface area contributed by atoms with Gasteiger partial charge < -0.3 is 14.4 Å². The summed E-state index contributed by atoms with van der Waals surface area (Å²) >= 11 is 1.59. The minimum Gasteiger partial charge on any atom is -0.460 e. The lowest BCUT2D eigenvalue weighted by Gasteiger charge is -2.34. The number of rotatable bonds is 4. The maximum atomic E-state index is 14.2. The number of fused-ring (bicyclic) bond motifs is 1. The lowest BCUT2D eigenvalue weighted by atomic mass is 9.95. The maximum absolute atomic E-state index is 14.2. The van der Waals surface area contributed by atoms with E-state index in [2.05, 4.69) is 4.90 Å². The summed E-state index contributed by atoms with van der Waals surface area (Å²) in [7, 11) is 3.61. The van der Waals surface area contributed by atoms with E-state index < -0.39 is 6.29 Å². The molecule has 150 valence electrons. The maximum Gasteiger partial charge on any atom is 0.227 e. The Balaban J connectivity index is 1.47. The van der Waals surface area contributed by atoms with Crippen LogP contribution in [0.3, 0.4) is 0 Å². The number of ether oxygens (including phenoxy) is 2. The van der Waals surface area contributed by atoms with Gasteiger partial charge in [-0.2, -0.15) is 11.3 Å². The van der Waals surface area contributed by atoms with Gasteiger partial charge in [0.2, 0.25) is 12.2 Å². The number of likely N-dealkylation sites (tertiary alicyclic amines) is 1. The fourth-order valence-corrected chi connectivity index (χ4v) is 4.57. The van der Waals surface area contributed by atoms with E-state index in [1.807, 2.05) is 16.8 Å². The van der Waals surface area contributed by atoms with Gasteiger partial charge in [-0.05, 0) is 49.5 Å². The highest BCUT2D eigenvalue weighted by atomic mass is 32.1. The number of hydrogen-bond acceptors (Lipinski definition) is 5. The zero-order valence-corrected chi connectivity index (χ0v) is 17.0. The first-order valence-corrected chi connectivity index (χ1v) is 10.5. The molecule has 1 amide bonds. The Hall–Kier alpha value is -1.96. The second-order valence-electron chi connectivity index (χ2n) is 7.65. The van der Waals surface area contributed by atoms with Crippen molar-refractivity contribution in [3.05, 3.63) is 51.5 Å². The molecule has 2 aliphatic rings. The minimum atomic E-state index is -0.452. The molecule has 1 aromatic carbocycles. The first-order chi connectivity index (χ1) is 13.5. The molecule has 0 radical (unpaired) electrons. The van der Waals surface area contributed by atoms with Crippen LogP contribution in [0.1, 0.15) is 35.8 Å². The SMILES string of the molecule is CN(C)C(=O)C1CCN(Cc2cc(F)cc3c2O[C@@H](c2ccsc2)OC3)CC1. The van der Waals surface area contributed by atoms with Crippen molar-refractivity contribution >= 4 is 17.2 Å². The molecule has 0 bridgehead atoms. The lowest BCUT2D eigenvalue weighted by Crippen LogP contribution is -2.39. The molecular weight excluding hydrogens is 379 g/mol. The molecule has 1 saturated heterocycles.